The first-order chi connectivity index (χ1) is 10.9. The van der Waals surface area contributed by atoms with Gasteiger partial charge in [0.05, 0.1) is 0 Å². The summed E-state index contributed by atoms with van der Waals surface area (Å²) in [5, 5.41) is 0. The van der Waals surface area contributed by atoms with Crippen LogP contribution in [-0.2, 0) is 0 Å². The molecule has 0 radical (unpaired) electrons. The minimum Gasteiger partial charge on any atom is -0.490 e. The first-order valence-electron chi connectivity index (χ1n) is 9.71. The molecule has 0 saturated heterocycles. The fourth-order valence-electron chi connectivity index (χ4n) is 3.86. The molecule has 0 heterocycles. The molecule has 23 heavy (non-hydrogen) atoms. The average Bonchev–Trinajstić information content (AvgIpc) is 2.54. The van der Waals surface area contributed by atoms with E-state index < -0.39 is 0 Å². The lowest BCUT2D eigenvalue weighted by molar-refractivity contribution is 0.0152. The van der Waals surface area contributed by atoms with Gasteiger partial charge < -0.3 is 4.74 Å². The Hall–Kier alpha value is -0.980. The summed E-state index contributed by atoms with van der Waals surface area (Å²) in [5.74, 6) is 2.36. The Balaban J connectivity index is 2.10. The van der Waals surface area contributed by atoms with Gasteiger partial charge in [0.2, 0.25) is 0 Å². The predicted molar refractivity (Wildman–Crippen MR) is 100 cm³/mol. The fourth-order valence-corrected chi connectivity index (χ4v) is 3.86. The third-order valence-electron chi connectivity index (χ3n) is 5.80. The van der Waals surface area contributed by atoms with Crippen LogP contribution in [0.4, 0.5) is 0 Å². The van der Waals surface area contributed by atoms with Gasteiger partial charge in [-0.3, -0.25) is 0 Å². The third-order valence-corrected chi connectivity index (χ3v) is 5.80. The summed E-state index contributed by atoms with van der Waals surface area (Å²) in [6, 6.07) is 8.86. The van der Waals surface area contributed by atoms with Gasteiger partial charge in [-0.1, -0.05) is 66.0 Å². The highest BCUT2D eigenvalue weighted by molar-refractivity contribution is 5.29. The Bertz CT molecular complexity index is 453. The zero-order valence-corrected chi connectivity index (χ0v) is 15.9. The Labute approximate surface area is 143 Å². The van der Waals surface area contributed by atoms with Crippen LogP contribution < -0.4 is 4.74 Å². The molecule has 1 aromatic rings. The van der Waals surface area contributed by atoms with Gasteiger partial charge >= 0.3 is 0 Å². The molecule has 0 amide bonds. The van der Waals surface area contributed by atoms with Crippen LogP contribution in [0.25, 0.3) is 0 Å². The summed E-state index contributed by atoms with van der Waals surface area (Å²) in [5.41, 5.74) is 1.77. The molecule has 1 nitrogen and oxygen atoms in total. The van der Waals surface area contributed by atoms with Crippen molar-refractivity contribution in [3.8, 4) is 5.75 Å². The Morgan fingerprint density at radius 2 is 1.61 bits per heavy atom. The summed E-state index contributed by atoms with van der Waals surface area (Å²) in [7, 11) is 0. The van der Waals surface area contributed by atoms with Crippen molar-refractivity contribution in [3.63, 3.8) is 0 Å². The lowest BCUT2D eigenvalue weighted by atomic mass is 9.70. The van der Waals surface area contributed by atoms with E-state index in [1.807, 2.05) is 0 Å². The topological polar surface area (TPSA) is 9.23 Å². The number of hydrogen-bond acceptors (Lipinski definition) is 1. The summed E-state index contributed by atoms with van der Waals surface area (Å²) >= 11 is 0. The second-order valence-corrected chi connectivity index (χ2v) is 8.33. The average molecular weight is 317 g/mol. The minimum absolute atomic E-state index is 0.345. The first kappa shape index (κ1) is 18.4. The molecule has 2 rings (SSSR count). The van der Waals surface area contributed by atoms with Gasteiger partial charge in [-0.2, -0.15) is 0 Å². The lowest BCUT2D eigenvalue weighted by Gasteiger charge is -2.41. The van der Waals surface area contributed by atoms with E-state index in [2.05, 4.69) is 58.9 Å². The molecular weight excluding hydrogens is 280 g/mol. The zero-order chi connectivity index (χ0) is 16.9. The summed E-state index contributed by atoms with van der Waals surface area (Å²) < 4.78 is 6.54. The number of ether oxygens (including phenoxy) is 1. The second kappa shape index (κ2) is 8.22. The monoisotopic (exact) mass is 316 g/mol. The molecule has 130 valence electrons. The van der Waals surface area contributed by atoms with Crippen molar-refractivity contribution in [3.05, 3.63) is 29.8 Å². The van der Waals surface area contributed by atoms with Crippen LogP contribution in [0, 0.1) is 11.3 Å². The van der Waals surface area contributed by atoms with Gasteiger partial charge in [0.25, 0.3) is 0 Å². The molecule has 1 heteroatoms. The molecule has 0 spiro atoms. The Morgan fingerprint density at radius 3 is 2.13 bits per heavy atom. The molecule has 1 aliphatic rings. The zero-order valence-electron chi connectivity index (χ0n) is 15.9. The highest BCUT2D eigenvalue weighted by Gasteiger charge is 2.37. The van der Waals surface area contributed by atoms with Gasteiger partial charge in [0.15, 0.2) is 0 Å². The fraction of sp³-hybridized carbons (Fsp3) is 0.727. The van der Waals surface area contributed by atoms with Crippen molar-refractivity contribution < 1.29 is 4.74 Å². The molecule has 0 bridgehead atoms. The van der Waals surface area contributed by atoms with Crippen LogP contribution in [0.2, 0.25) is 0 Å². The van der Waals surface area contributed by atoms with E-state index in [-0.39, 0.29) is 0 Å². The number of rotatable bonds is 7. The molecule has 1 saturated carbocycles. The first-order valence-corrected chi connectivity index (χ1v) is 9.71. The van der Waals surface area contributed by atoms with Crippen LogP contribution in [0.1, 0.15) is 91.0 Å². The normalized spacial score (nSPS) is 20.3. The van der Waals surface area contributed by atoms with E-state index in [4.69, 9.17) is 4.74 Å². The lowest BCUT2D eigenvalue weighted by Crippen LogP contribution is -2.39. The highest BCUT2D eigenvalue weighted by Crippen LogP contribution is 2.42. The van der Waals surface area contributed by atoms with Gasteiger partial charge in [-0.05, 0) is 55.2 Å². The summed E-state index contributed by atoms with van der Waals surface area (Å²) in [4.78, 5) is 0. The smallest absolute Gasteiger partial charge is 0.119 e. The van der Waals surface area contributed by atoms with E-state index in [9.17, 15) is 0 Å². The van der Waals surface area contributed by atoms with Crippen molar-refractivity contribution in [2.75, 3.05) is 0 Å². The summed E-state index contributed by atoms with van der Waals surface area (Å²) in [6.07, 6.45) is 9.44. The van der Waals surface area contributed by atoms with Crippen LogP contribution in [-0.4, -0.2) is 6.10 Å². The molecule has 1 fully saturated rings. The van der Waals surface area contributed by atoms with E-state index in [1.165, 1.54) is 44.1 Å². The maximum Gasteiger partial charge on any atom is 0.119 e. The number of hydrogen-bond donors (Lipinski definition) is 0. The molecule has 0 aliphatic heterocycles. The maximum absolute atomic E-state index is 6.54. The SMILES string of the molecule is CCC(C)c1ccc(OC(CC(C)C)C2(C)CCCCC2)cc1. The molecule has 2 unspecified atom stereocenters. The van der Waals surface area contributed by atoms with E-state index in [0.717, 1.165) is 12.2 Å². The van der Waals surface area contributed by atoms with Crippen molar-refractivity contribution >= 4 is 0 Å². The Morgan fingerprint density at radius 1 is 1.00 bits per heavy atom. The minimum atomic E-state index is 0.345. The highest BCUT2D eigenvalue weighted by atomic mass is 16.5. The largest absolute Gasteiger partial charge is 0.490 e. The van der Waals surface area contributed by atoms with Gasteiger partial charge in [-0.25, -0.2) is 0 Å². The predicted octanol–water partition coefficient (Wildman–Crippen LogP) is 6.96. The molecule has 2 atom stereocenters. The number of benzene rings is 1. The molecule has 1 aromatic carbocycles. The maximum atomic E-state index is 6.54. The third kappa shape index (κ3) is 4.99. The van der Waals surface area contributed by atoms with Crippen molar-refractivity contribution in [2.24, 2.45) is 11.3 Å². The van der Waals surface area contributed by atoms with Crippen LogP contribution in [0.15, 0.2) is 24.3 Å². The Kier molecular flexibility index (Phi) is 6.56. The van der Waals surface area contributed by atoms with E-state index in [1.54, 1.807) is 0 Å². The van der Waals surface area contributed by atoms with Gasteiger partial charge in [-0.15, -0.1) is 0 Å². The van der Waals surface area contributed by atoms with Crippen molar-refractivity contribution in [1.29, 1.82) is 0 Å². The van der Waals surface area contributed by atoms with Crippen LogP contribution in [0.5, 0.6) is 5.75 Å². The second-order valence-electron chi connectivity index (χ2n) is 8.33. The van der Waals surface area contributed by atoms with E-state index >= 15 is 0 Å². The van der Waals surface area contributed by atoms with Crippen molar-refractivity contribution in [1.82, 2.24) is 0 Å². The van der Waals surface area contributed by atoms with Crippen molar-refractivity contribution in [2.45, 2.75) is 91.6 Å². The van der Waals surface area contributed by atoms with Gasteiger partial charge in [0, 0.05) is 5.41 Å². The quantitative estimate of drug-likeness (QED) is 0.528. The van der Waals surface area contributed by atoms with Crippen LogP contribution in [0.3, 0.4) is 0 Å². The van der Waals surface area contributed by atoms with Crippen LogP contribution >= 0.6 is 0 Å². The molecule has 0 aromatic heterocycles. The standard InChI is InChI=1S/C22H36O/c1-6-18(4)19-10-12-20(13-11-19)23-21(16-17(2)3)22(5)14-8-7-9-15-22/h10-13,17-18,21H,6-9,14-16H2,1-5H3. The molecule has 1 aliphatic carbocycles. The molecular formula is C22H36O. The van der Waals surface area contributed by atoms with E-state index in [0.29, 0.717) is 23.4 Å². The van der Waals surface area contributed by atoms with Gasteiger partial charge in [0.1, 0.15) is 11.9 Å². The molecule has 0 N–H and O–H groups in total. The summed E-state index contributed by atoms with van der Waals surface area (Å²) in [6.45, 7) is 11.6.